The Morgan fingerprint density at radius 1 is 1.03 bits per heavy atom. The summed E-state index contributed by atoms with van der Waals surface area (Å²) in [6.07, 6.45) is 5.59. The highest BCUT2D eigenvalue weighted by Crippen LogP contribution is 2.32. The highest BCUT2D eigenvalue weighted by Gasteiger charge is 2.35. The van der Waals surface area contributed by atoms with Gasteiger partial charge in [-0.25, -0.2) is 0 Å². The lowest BCUT2D eigenvalue weighted by atomic mass is 10.0. The molecule has 1 heterocycles. The van der Waals surface area contributed by atoms with E-state index in [4.69, 9.17) is 9.15 Å². The third kappa shape index (κ3) is 4.69. The first-order valence-electron chi connectivity index (χ1n) is 10.9. The fraction of sp³-hybridized carbons (Fsp3) is 0.308. The summed E-state index contributed by atoms with van der Waals surface area (Å²) in [6, 6.07) is 17.4. The molecule has 1 N–H and O–H groups in total. The summed E-state index contributed by atoms with van der Waals surface area (Å²) in [4.78, 5) is 28.7. The topological polar surface area (TPSA) is 71.8 Å². The molecule has 6 heteroatoms. The standard InChI is InChI=1S/C26H28N2O4/c1-18-9-11-19(12-10-18)24(25(29)27-20-6-3-4-7-20)28(26(30)23-8-5-17-32-23)21-13-15-22(31-2)16-14-21/h5,8-17,20,24H,3-4,6-7H2,1-2H3,(H,27,29)/t24-/m0/s1. The minimum absolute atomic E-state index is 0.131. The van der Waals surface area contributed by atoms with Gasteiger partial charge in [0, 0.05) is 11.7 Å². The van der Waals surface area contributed by atoms with Crippen molar-refractivity contribution in [2.45, 2.75) is 44.7 Å². The molecule has 3 aromatic rings. The summed E-state index contributed by atoms with van der Waals surface area (Å²) < 4.78 is 10.7. The molecule has 0 saturated heterocycles. The van der Waals surface area contributed by atoms with E-state index < -0.39 is 6.04 Å². The minimum Gasteiger partial charge on any atom is -0.497 e. The molecule has 0 spiro atoms. The monoisotopic (exact) mass is 432 g/mol. The van der Waals surface area contributed by atoms with Gasteiger partial charge in [0.25, 0.3) is 5.91 Å². The molecule has 2 aromatic carbocycles. The van der Waals surface area contributed by atoms with Gasteiger partial charge in [-0.3, -0.25) is 14.5 Å². The van der Waals surface area contributed by atoms with E-state index in [1.807, 2.05) is 31.2 Å². The molecule has 1 fully saturated rings. The van der Waals surface area contributed by atoms with Gasteiger partial charge in [0.15, 0.2) is 5.76 Å². The predicted molar refractivity (Wildman–Crippen MR) is 123 cm³/mol. The van der Waals surface area contributed by atoms with Gasteiger partial charge in [0.05, 0.1) is 13.4 Å². The Morgan fingerprint density at radius 2 is 1.72 bits per heavy atom. The molecule has 0 aliphatic heterocycles. The maximum atomic E-state index is 13.6. The van der Waals surface area contributed by atoms with E-state index in [0.717, 1.165) is 36.8 Å². The first-order chi connectivity index (χ1) is 15.6. The van der Waals surface area contributed by atoms with Crippen LogP contribution < -0.4 is 15.0 Å². The second-order valence-corrected chi connectivity index (χ2v) is 8.15. The molecule has 1 atom stereocenters. The number of nitrogens with one attached hydrogen (secondary N) is 1. The summed E-state index contributed by atoms with van der Waals surface area (Å²) in [5.41, 5.74) is 2.40. The molecule has 4 rings (SSSR count). The first-order valence-corrected chi connectivity index (χ1v) is 10.9. The molecule has 0 unspecified atom stereocenters. The van der Waals surface area contributed by atoms with Gasteiger partial charge in [-0.05, 0) is 61.7 Å². The van der Waals surface area contributed by atoms with E-state index in [-0.39, 0.29) is 23.6 Å². The van der Waals surface area contributed by atoms with E-state index in [1.165, 1.54) is 11.2 Å². The zero-order chi connectivity index (χ0) is 22.5. The molecular weight excluding hydrogens is 404 g/mol. The normalized spacial score (nSPS) is 14.7. The van der Waals surface area contributed by atoms with Crippen molar-refractivity contribution in [3.63, 3.8) is 0 Å². The molecule has 1 saturated carbocycles. The Morgan fingerprint density at radius 3 is 2.31 bits per heavy atom. The molecule has 32 heavy (non-hydrogen) atoms. The van der Waals surface area contributed by atoms with Crippen LogP contribution in [0.4, 0.5) is 5.69 Å². The van der Waals surface area contributed by atoms with Gasteiger partial charge >= 0.3 is 0 Å². The zero-order valence-electron chi connectivity index (χ0n) is 18.4. The molecule has 2 amide bonds. The van der Waals surface area contributed by atoms with Crippen molar-refractivity contribution < 1.29 is 18.7 Å². The van der Waals surface area contributed by atoms with E-state index >= 15 is 0 Å². The average Bonchev–Trinajstić information content (AvgIpc) is 3.52. The quantitative estimate of drug-likeness (QED) is 0.568. The van der Waals surface area contributed by atoms with Crippen LogP contribution in [0.1, 0.15) is 53.4 Å². The van der Waals surface area contributed by atoms with Crippen molar-refractivity contribution in [3.05, 3.63) is 83.8 Å². The number of aryl methyl sites for hydroxylation is 1. The molecule has 6 nitrogen and oxygen atoms in total. The highest BCUT2D eigenvalue weighted by atomic mass is 16.5. The van der Waals surface area contributed by atoms with Crippen molar-refractivity contribution in [2.75, 3.05) is 12.0 Å². The van der Waals surface area contributed by atoms with Gasteiger partial charge in [-0.1, -0.05) is 42.7 Å². The van der Waals surface area contributed by atoms with Crippen LogP contribution in [0.5, 0.6) is 5.75 Å². The number of furan rings is 1. The van der Waals surface area contributed by atoms with Crippen LogP contribution in [0, 0.1) is 6.92 Å². The Labute approximate surface area is 188 Å². The van der Waals surface area contributed by atoms with E-state index in [1.54, 1.807) is 43.5 Å². The number of amides is 2. The lowest BCUT2D eigenvalue weighted by Gasteiger charge is -2.32. The largest absolute Gasteiger partial charge is 0.497 e. The van der Waals surface area contributed by atoms with Crippen molar-refractivity contribution >= 4 is 17.5 Å². The van der Waals surface area contributed by atoms with Crippen LogP contribution in [-0.2, 0) is 4.79 Å². The molecule has 1 aliphatic rings. The van der Waals surface area contributed by atoms with Crippen LogP contribution in [-0.4, -0.2) is 25.0 Å². The predicted octanol–water partition coefficient (Wildman–Crippen LogP) is 5.04. The number of hydrogen-bond donors (Lipinski definition) is 1. The molecule has 1 aliphatic carbocycles. The molecular formula is C26H28N2O4. The maximum absolute atomic E-state index is 13.6. The van der Waals surface area contributed by atoms with Gasteiger partial charge in [-0.2, -0.15) is 0 Å². The Kier molecular flexibility index (Phi) is 6.59. The van der Waals surface area contributed by atoms with Gasteiger partial charge in [-0.15, -0.1) is 0 Å². The highest BCUT2D eigenvalue weighted by molar-refractivity contribution is 6.08. The minimum atomic E-state index is -0.845. The van der Waals surface area contributed by atoms with Crippen molar-refractivity contribution in [3.8, 4) is 5.75 Å². The second kappa shape index (κ2) is 9.73. The van der Waals surface area contributed by atoms with Crippen molar-refractivity contribution in [1.29, 1.82) is 0 Å². The summed E-state index contributed by atoms with van der Waals surface area (Å²) in [7, 11) is 1.59. The van der Waals surface area contributed by atoms with E-state index in [0.29, 0.717) is 11.4 Å². The fourth-order valence-electron chi connectivity index (χ4n) is 4.16. The smallest absolute Gasteiger partial charge is 0.294 e. The van der Waals surface area contributed by atoms with Gasteiger partial charge in [0.2, 0.25) is 5.91 Å². The number of hydrogen-bond acceptors (Lipinski definition) is 4. The molecule has 1 aromatic heterocycles. The molecule has 166 valence electrons. The lowest BCUT2D eigenvalue weighted by Crippen LogP contribution is -2.46. The van der Waals surface area contributed by atoms with Crippen LogP contribution >= 0.6 is 0 Å². The third-order valence-corrected chi connectivity index (χ3v) is 5.90. The number of nitrogens with zero attached hydrogens (tertiary/aromatic N) is 1. The van der Waals surface area contributed by atoms with Crippen molar-refractivity contribution in [2.24, 2.45) is 0 Å². The van der Waals surface area contributed by atoms with Gasteiger partial charge in [0.1, 0.15) is 11.8 Å². The zero-order valence-corrected chi connectivity index (χ0v) is 18.4. The van der Waals surface area contributed by atoms with Crippen LogP contribution in [0.25, 0.3) is 0 Å². The summed E-state index contributed by atoms with van der Waals surface area (Å²) in [6.45, 7) is 1.99. The fourth-order valence-corrected chi connectivity index (χ4v) is 4.16. The number of methoxy groups -OCH3 is 1. The SMILES string of the molecule is COc1ccc(N(C(=O)c2ccco2)[C@H](C(=O)NC2CCCC2)c2ccc(C)cc2)cc1. The van der Waals surface area contributed by atoms with E-state index in [9.17, 15) is 9.59 Å². The number of carbonyl (C=O) groups excluding carboxylic acids is 2. The van der Waals surface area contributed by atoms with Crippen molar-refractivity contribution in [1.82, 2.24) is 5.32 Å². The van der Waals surface area contributed by atoms with Gasteiger partial charge < -0.3 is 14.5 Å². The number of rotatable bonds is 7. The second-order valence-electron chi connectivity index (χ2n) is 8.15. The first kappa shape index (κ1) is 21.7. The lowest BCUT2D eigenvalue weighted by molar-refractivity contribution is -0.123. The number of benzene rings is 2. The van der Waals surface area contributed by atoms with Crippen LogP contribution in [0.3, 0.4) is 0 Å². The van der Waals surface area contributed by atoms with Crippen LogP contribution in [0.15, 0.2) is 71.3 Å². The summed E-state index contributed by atoms with van der Waals surface area (Å²) >= 11 is 0. The summed E-state index contributed by atoms with van der Waals surface area (Å²) in [5, 5.41) is 3.18. The third-order valence-electron chi connectivity index (χ3n) is 5.90. The number of carbonyl (C=O) groups is 2. The Balaban J connectivity index is 1.79. The average molecular weight is 433 g/mol. The molecule has 0 bridgehead atoms. The number of ether oxygens (including phenoxy) is 1. The Bertz CT molecular complexity index is 1040. The summed E-state index contributed by atoms with van der Waals surface area (Å²) in [5.74, 6) is 0.261. The van der Waals surface area contributed by atoms with Crippen LogP contribution in [0.2, 0.25) is 0 Å². The Hall–Kier alpha value is -3.54. The maximum Gasteiger partial charge on any atom is 0.294 e. The number of anilines is 1. The van der Waals surface area contributed by atoms with E-state index in [2.05, 4.69) is 5.32 Å². The molecule has 0 radical (unpaired) electrons.